The fraction of sp³-hybridized carbons (Fsp3) is 0.440. The Morgan fingerprint density at radius 1 is 0.613 bits per heavy atom. The molecule has 0 aliphatic rings. The molecule has 0 aliphatic carbocycles. The predicted octanol–water partition coefficient (Wildman–Crippen LogP) is 5.70. The van der Waals surface area contributed by atoms with E-state index >= 15 is 0 Å². The second-order valence-corrected chi connectivity index (χ2v) is 8.13. The fourth-order valence-electron chi connectivity index (χ4n) is 3.18. The molecular formula is C25H34O6. The molecule has 2 aromatic carbocycles. The van der Waals surface area contributed by atoms with Crippen molar-refractivity contribution < 1.29 is 30.0 Å². The Morgan fingerprint density at radius 3 is 1.19 bits per heavy atom. The number of carbonyl (C=O) groups is 2. The van der Waals surface area contributed by atoms with Gasteiger partial charge in [0.1, 0.15) is 11.5 Å². The summed E-state index contributed by atoms with van der Waals surface area (Å²) < 4.78 is 0. The van der Waals surface area contributed by atoms with Crippen molar-refractivity contribution >= 4 is 11.9 Å². The zero-order valence-electron chi connectivity index (χ0n) is 18.4. The van der Waals surface area contributed by atoms with E-state index in [0.717, 1.165) is 49.7 Å². The van der Waals surface area contributed by atoms with Crippen LogP contribution in [0.15, 0.2) is 48.5 Å². The SMILES string of the molecule is CC(C)(c1ccc(O)cc1)c1ccc(O)cc1.O=C(O)CCCCCCCCC(=O)O. The van der Waals surface area contributed by atoms with Gasteiger partial charge in [0, 0.05) is 18.3 Å². The van der Waals surface area contributed by atoms with Crippen LogP contribution in [0.25, 0.3) is 0 Å². The van der Waals surface area contributed by atoms with Crippen LogP contribution in [0, 0.1) is 0 Å². The van der Waals surface area contributed by atoms with E-state index in [1.165, 1.54) is 0 Å². The van der Waals surface area contributed by atoms with Gasteiger partial charge in [0.2, 0.25) is 0 Å². The first-order valence-corrected chi connectivity index (χ1v) is 10.7. The lowest BCUT2D eigenvalue weighted by molar-refractivity contribution is -0.138. The largest absolute Gasteiger partial charge is 0.508 e. The Kier molecular flexibility index (Phi) is 11.2. The Hall–Kier alpha value is -3.02. The highest BCUT2D eigenvalue weighted by Gasteiger charge is 2.22. The van der Waals surface area contributed by atoms with E-state index in [1.54, 1.807) is 24.3 Å². The third-order valence-corrected chi connectivity index (χ3v) is 5.21. The maximum Gasteiger partial charge on any atom is 0.303 e. The highest BCUT2D eigenvalue weighted by Crippen LogP contribution is 2.32. The average molecular weight is 431 g/mol. The topological polar surface area (TPSA) is 115 Å². The fourth-order valence-corrected chi connectivity index (χ4v) is 3.18. The molecule has 0 fully saturated rings. The molecule has 170 valence electrons. The van der Waals surface area contributed by atoms with Crippen LogP contribution < -0.4 is 0 Å². The van der Waals surface area contributed by atoms with E-state index in [0.29, 0.717) is 0 Å². The van der Waals surface area contributed by atoms with Crippen molar-refractivity contribution in [2.75, 3.05) is 0 Å². The number of phenolic OH excluding ortho intramolecular Hbond substituents is 2. The van der Waals surface area contributed by atoms with Crippen molar-refractivity contribution in [2.45, 2.75) is 70.6 Å². The van der Waals surface area contributed by atoms with Gasteiger partial charge in [0.05, 0.1) is 0 Å². The molecule has 0 radical (unpaired) electrons. The Balaban J connectivity index is 0.000000318. The molecule has 0 bridgehead atoms. The summed E-state index contributed by atoms with van der Waals surface area (Å²) >= 11 is 0. The van der Waals surface area contributed by atoms with E-state index in [4.69, 9.17) is 10.2 Å². The number of aromatic hydroxyl groups is 2. The zero-order valence-corrected chi connectivity index (χ0v) is 18.4. The van der Waals surface area contributed by atoms with Gasteiger partial charge in [-0.2, -0.15) is 0 Å². The maximum absolute atomic E-state index is 10.1. The zero-order chi connectivity index (χ0) is 23.3. The third kappa shape index (κ3) is 10.5. The smallest absolute Gasteiger partial charge is 0.303 e. The molecule has 2 rings (SSSR count). The molecule has 0 aliphatic heterocycles. The molecule has 0 atom stereocenters. The van der Waals surface area contributed by atoms with Crippen LogP contribution in [0.2, 0.25) is 0 Å². The lowest BCUT2D eigenvalue weighted by Crippen LogP contribution is -2.18. The van der Waals surface area contributed by atoms with Gasteiger partial charge < -0.3 is 20.4 Å². The molecule has 6 nitrogen and oxygen atoms in total. The Morgan fingerprint density at radius 2 is 0.903 bits per heavy atom. The number of hydrogen-bond donors (Lipinski definition) is 4. The minimum absolute atomic E-state index is 0.151. The van der Waals surface area contributed by atoms with Gasteiger partial charge in [-0.1, -0.05) is 63.8 Å². The number of rotatable bonds is 11. The first kappa shape index (κ1) is 26.0. The average Bonchev–Trinajstić information content (AvgIpc) is 2.71. The molecule has 0 saturated heterocycles. The lowest BCUT2D eigenvalue weighted by Gasteiger charge is -2.26. The Labute approximate surface area is 184 Å². The van der Waals surface area contributed by atoms with Gasteiger partial charge in [-0.15, -0.1) is 0 Å². The summed E-state index contributed by atoms with van der Waals surface area (Å²) in [5.41, 5.74) is 2.10. The molecule has 0 unspecified atom stereocenters. The predicted molar refractivity (Wildman–Crippen MR) is 121 cm³/mol. The monoisotopic (exact) mass is 430 g/mol. The van der Waals surface area contributed by atoms with Crippen LogP contribution in [-0.2, 0) is 15.0 Å². The standard InChI is InChI=1S/C15H16O2.C10H18O4/c1-15(2,11-3-7-13(16)8-4-11)12-5-9-14(17)10-6-12;11-9(12)7-5-3-1-2-4-6-8-10(13)14/h3-10,16-17H,1-2H3;1-8H2,(H,11,12)(H,13,14). The normalized spacial score (nSPS) is 10.8. The molecule has 0 heterocycles. The first-order chi connectivity index (χ1) is 14.6. The van der Waals surface area contributed by atoms with E-state index < -0.39 is 11.9 Å². The molecule has 31 heavy (non-hydrogen) atoms. The van der Waals surface area contributed by atoms with Crippen LogP contribution in [0.1, 0.15) is 76.3 Å². The number of phenols is 2. The lowest BCUT2D eigenvalue weighted by atomic mass is 9.78. The second-order valence-electron chi connectivity index (χ2n) is 8.13. The summed E-state index contributed by atoms with van der Waals surface area (Å²) in [6.45, 7) is 4.23. The van der Waals surface area contributed by atoms with Crippen LogP contribution in [-0.4, -0.2) is 32.4 Å². The number of carboxylic acids is 2. The summed E-state index contributed by atoms with van der Waals surface area (Å²) in [6, 6.07) is 14.4. The van der Waals surface area contributed by atoms with Gasteiger partial charge in [-0.25, -0.2) is 0 Å². The van der Waals surface area contributed by atoms with Crippen molar-refractivity contribution in [1.29, 1.82) is 0 Å². The van der Waals surface area contributed by atoms with Gasteiger partial charge in [-0.3, -0.25) is 9.59 Å². The van der Waals surface area contributed by atoms with Crippen LogP contribution in [0.5, 0.6) is 11.5 Å². The number of hydrogen-bond acceptors (Lipinski definition) is 4. The molecule has 0 saturated carbocycles. The molecule has 0 amide bonds. The van der Waals surface area contributed by atoms with Gasteiger partial charge in [-0.05, 0) is 48.2 Å². The summed E-state index contributed by atoms with van der Waals surface area (Å²) in [6.07, 6.45) is 5.82. The Bertz CT molecular complexity index is 726. The highest BCUT2D eigenvalue weighted by atomic mass is 16.4. The van der Waals surface area contributed by atoms with Crippen molar-refractivity contribution in [1.82, 2.24) is 0 Å². The summed E-state index contributed by atoms with van der Waals surface area (Å²) in [7, 11) is 0. The minimum Gasteiger partial charge on any atom is -0.508 e. The summed E-state index contributed by atoms with van der Waals surface area (Å²) in [5.74, 6) is -0.933. The van der Waals surface area contributed by atoms with E-state index in [9.17, 15) is 19.8 Å². The minimum atomic E-state index is -0.740. The molecule has 2 aromatic rings. The number of aliphatic carboxylic acids is 2. The van der Waals surface area contributed by atoms with Crippen molar-refractivity contribution in [3.05, 3.63) is 59.7 Å². The van der Waals surface area contributed by atoms with Crippen molar-refractivity contribution in [3.8, 4) is 11.5 Å². The number of benzene rings is 2. The van der Waals surface area contributed by atoms with Gasteiger partial charge in [0.15, 0.2) is 0 Å². The third-order valence-electron chi connectivity index (χ3n) is 5.21. The van der Waals surface area contributed by atoms with Crippen LogP contribution in [0.4, 0.5) is 0 Å². The van der Waals surface area contributed by atoms with Crippen molar-refractivity contribution in [3.63, 3.8) is 0 Å². The first-order valence-electron chi connectivity index (χ1n) is 10.7. The van der Waals surface area contributed by atoms with Gasteiger partial charge in [0.25, 0.3) is 0 Å². The molecule has 0 spiro atoms. The molecule has 0 aromatic heterocycles. The van der Waals surface area contributed by atoms with Gasteiger partial charge >= 0.3 is 11.9 Å². The molecule has 6 heteroatoms. The van der Waals surface area contributed by atoms with E-state index in [-0.39, 0.29) is 29.8 Å². The van der Waals surface area contributed by atoms with E-state index in [2.05, 4.69) is 13.8 Å². The quantitative estimate of drug-likeness (QED) is 0.340. The summed E-state index contributed by atoms with van der Waals surface area (Å²) in [4.78, 5) is 20.3. The van der Waals surface area contributed by atoms with Crippen LogP contribution >= 0.6 is 0 Å². The second kappa shape index (κ2) is 13.3. The number of carboxylic acid groups (broad SMARTS) is 2. The highest BCUT2D eigenvalue weighted by molar-refractivity contribution is 5.66. The summed E-state index contributed by atoms with van der Waals surface area (Å²) in [5, 5.41) is 35.3. The van der Waals surface area contributed by atoms with Crippen LogP contribution in [0.3, 0.4) is 0 Å². The van der Waals surface area contributed by atoms with E-state index in [1.807, 2.05) is 24.3 Å². The molecule has 4 N–H and O–H groups in total. The molecular weight excluding hydrogens is 396 g/mol. The maximum atomic E-state index is 10.1. The number of unbranched alkanes of at least 4 members (excludes halogenated alkanes) is 5. The van der Waals surface area contributed by atoms with Crippen molar-refractivity contribution in [2.24, 2.45) is 0 Å².